The van der Waals surface area contributed by atoms with Crippen molar-refractivity contribution < 1.29 is 9.90 Å². The predicted octanol–water partition coefficient (Wildman–Crippen LogP) is 0.318. The average Bonchev–Trinajstić information content (AvgIpc) is 2.43. The lowest BCUT2D eigenvalue weighted by molar-refractivity contribution is 0.0689. The molecule has 14 heavy (non-hydrogen) atoms. The van der Waals surface area contributed by atoms with Crippen molar-refractivity contribution >= 4 is 17.3 Å². The van der Waals surface area contributed by atoms with Crippen molar-refractivity contribution in [2.45, 2.75) is 6.92 Å². The van der Waals surface area contributed by atoms with Crippen LogP contribution in [0.3, 0.4) is 0 Å². The molecule has 6 heteroatoms. The predicted molar refractivity (Wildman–Crippen MR) is 49.1 cm³/mol. The molecule has 0 fully saturated rings. The molecule has 0 bridgehead atoms. The molecule has 6 nitrogen and oxygen atoms in total. The van der Waals surface area contributed by atoms with E-state index < -0.39 is 5.97 Å². The van der Waals surface area contributed by atoms with Gasteiger partial charge >= 0.3 is 5.97 Å². The zero-order chi connectivity index (χ0) is 10.3. The Balaban J connectivity index is 2.79. The second-order valence-corrected chi connectivity index (χ2v) is 2.93. The Labute approximate surface area is 79.0 Å². The number of aromatic nitrogens is 3. The number of hydrogen-bond donors (Lipinski definition) is 2. The summed E-state index contributed by atoms with van der Waals surface area (Å²) in [5.41, 5.74) is 6.98. The van der Waals surface area contributed by atoms with E-state index in [9.17, 15) is 4.79 Å². The van der Waals surface area contributed by atoms with Gasteiger partial charge in [0.1, 0.15) is 0 Å². The Bertz CT molecular complexity index is 517. The molecular weight excluding hydrogens is 184 g/mol. The number of aryl methyl sites for hydroxylation is 1. The number of nitrogens with zero attached hydrogens (tertiary/aromatic N) is 3. The van der Waals surface area contributed by atoms with Crippen molar-refractivity contribution in [1.82, 2.24) is 14.6 Å². The van der Waals surface area contributed by atoms with E-state index in [0.29, 0.717) is 16.9 Å². The van der Waals surface area contributed by atoms with Gasteiger partial charge in [-0.1, -0.05) is 0 Å². The summed E-state index contributed by atoms with van der Waals surface area (Å²) in [5, 5.41) is 12.6. The van der Waals surface area contributed by atoms with Crippen molar-refractivity contribution in [3.63, 3.8) is 0 Å². The van der Waals surface area contributed by atoms with E-state index in [0.717, 1.165) is 0 Å². The summed E-state index contributed by atoms with van der Waals surface area (Å²) in [6.07, 6.45) is 3.00. The van der Waals surface area contributed by atoms with Gasteiger partial charge in [0.05, 0.1) is 18.1 Å². The van der Waals surface area contributed by atoms with Gasteiger partial charge in [-0.05, 0) is 6.92 Å². The van der Waals surface area contributed by atoms with Crippen LogP contribution in [0, 0.1) is 6.92 Å². The summed E-state index contributed by atoms with van der Waals surface area (Å²) < 4.78 is 1.37. The lowest BCUT2D eigenvalue weighted by Gasteiger charge is -1.93. The van der Waals surface area contributed by atoms with Crippen LogP contribution in [0.4, 0.5) is 5.69 Å². The lowest BCUT2D eigenvalue weighted by Crippen LogP contribution is -1.99. The van der Waals surface area contributed by atoms with Crippen molar-refractivity contribution in [1.29, 1.82) is 0 Å². The summed E-state index contributed by atoms with van der Waals surface area (Å²) in [5.74, 6) is -1.06. The standard InChI is InChI=1S/C8H8N4O2/c1-4-6(8(13)14)11-12-3-5(9)2-10-7(4)12/h2-3H,9H2,1H3,(H,13,14). The van der Waals surface area contributed by atoms with Gasteiger partial charge in [0.2, 0.25) is 0 Å². The van der Waals surface area contributed by atoms with E-state index in [-0.39, 0.29) is 5.69 Å². The fourth-order valence-electron chi connectivity index (χ4n) is 1.27. The van der Waals surface area contributed by atoms with Crippen LogP contribution in [-0.2, 0) is 0 Å². The topological polar surface area (TPSA) is 93.5 Å². The molecule has 3 N–H and O–H groups in total. The maximum Gasteiger partial charge on any atom is 0.356 e. The highest BCUT2D eigenvalue weighted by atomic mass is 16.4. The highest BCUT2D eigenvalue weighted by Crippen LogP contribution is 2.13. The molecular formula is C8H8N4O2. The number of carboxylic acids is 1. The molecule has 0 atom stereocenters. The Morgan fingerprint density at radius 2 is 2.36 bits per heavy atom. The first kappa shape index (κ1) is 8.49. The molecule has 2 heterocycles. The third kappa shape index (κ3) is 1.08. The normalized spacial score (nSPS) is 10.6. The molecule has 2 aromatic rings. The number of hydrogen-bond acceptors (Lipinski definition) is 4. The van der Waals surface area contributed by atoms with E-state index in [1.807, 2.05) is 0 Å². The third-order valence-electron chi connectivity index (χ3n) is 1.93. The summed E-state index contributed by atoms with van der Waals surface area (Å²) in [6.45, 7) is 1.66. The molecule has 0 spiro atoms. The van der Waals surface area contributed by atoms with Crippen LogP contribution in [0.5, 0.6) is 0 Å². The molecule has 72 valence electrons. The van der Waals surface area contributed by atoms with E-state index >= 15 is 0 Å². The number of fused-ring (bicyclic) bond motifs is 1. The first-order valence-electron chi connectivity index (χ1n) is 3.93. The summed E-state index contributed by atoms with van der Waals surface area (Å²) in [6, 6.07) is 0. The molecule has 0 aliphatic carbocycles. The van der Waals surface area contributed by atoms with Gasteiger partial charge < -0.3 is 10.8 Å². The second-order valence-electron chi connectivity index (χ2n) is 2.93. The van der Waals surface area contributed by atoms with E-state index in [1.54, 1.807) is 6.92 Å². The molecule has 0 amide bonds. The van der Waals surface area contributed by atoms with Gasteiger partial charge in [-0.15, -0.1) is 0 Å². The van der Waals surface area contributed by atoms with Crippen molar-refractivity contribution in [2.75, 3.05) is 5.73 Å². The minimum Gasteiger partial charge on any atom is -0.476 e. The zero-order valence-electron chi connectivity index (χ0n) is 7.43. The number of carboxylic acid groups (broad SMARTS) is 1. The smallest absolute Gasteiger partial charge is 0.356 e. The van der Waals surface area contributed by atoms with Crippen LogP contribution in [0.25, 0.3) is 5.65 Å². The number of anilines is 1. The van der Waals surface area contributed by atoms with Crippen LogP contribution in [0.2, 0.25) is 0 Å². The minimum absolute atomic E-state index is 0.00287. The van der Waals surface area contributed by atoms with Gasteiger partial charge in [0.15, 0.2) is 11.3 Å². The Morgan fingerprint density at radius 1 is 1.64 bits per heavy atom. The Hall–Kier alpha value is -2.11. The fraction of sp³-hybridized carbons (Fsp3) is 0.125. The number of nitrogens with two attached hydrogens (primary N) is 1. The van der Waals surface area contributed by atoms with Gasteiger partial charge in [0.25, 0.3) is 0 Å². The maximum atomic E-state index is 10.7. The summed E-state index contributed by atoms with van der Waals surface area (Å²) in [7, 11) is 0. The van der Waals surface area contributed by atoms with Crippen LogP contribution >= 0.6 is 0 Å². The number of nitrogen functional groups attached to an aromatic ring is 1. The largest absolute Gasteiger partial charge is 0.476 e. The zero-order valence-corrected chi connectivity index (χ0v) is 7.43. The Morgan fingerprint density at radius 3 is 3.00 bits per heavy atom. The number of aromatic carboxylic acids is 1. The maximum absolute atomic E-state index is 10.7. The molecule has 2 rings (SSSR count). The Kier molecular flexibility index (Phi) is 1.63. The molecule has 0 aliphatic heterocycles. The van der Waals surface area contributed by atoms with Crippen LogP contribution in [0.1, 0.15) is 16.1 Å². The lowest BCUT2D eigenvalue weighted by atomic mass is 10.3. The summed E-state index contributed by atoms with van der Waals surface area (Å²) >= 11 is 0. The van der Waals surface area contributed by atoms with Gasteiger partial charge in [-0.2, -0.15) is 5.10 Å². The van der Waals surface area contributed by atoms with Crippen LogP contribution in [0.15, 0.2) is 12.4 Å². The molecule has 0 saturated carbocycles. The molecule has 2 aromatic heterocycles. The highest BCUT2D eigenvalue weighted by Gasteiger charge is 2.15. The van der Waals surface area contributed by atoms with Gasteiger partial charge in [-0.25, -0.2) is 14.3 Å². The average molecular weight is 192 g/mol. The molecule has 0 aliphatic rings. The highest BCUT2D eigenvalue weighted by molar-refractivity contribution is 5.89. The van der Waals surface area contributed by atoms with Crippen LogP contribution in [-0.4, -0.2) is 25.7 Å². The molecule has 0 unspecified atom stereocenters. The number of rotatable bonds is 1. The van der Waals surface area contributed by atoms with Crippen LogP contribution < -0.4 is 5.73 Å². The quantitative estimate of drug-likeness (QED) is 0.678. The van der Waals surface area contributed by atoms with E-state index in [1.165, 1.54) is 16.9 Å². The van der Waals surface area contributed by atoms with E-state index in [4.69, 9.17) is 10.8 Å². The molecule has 0 aromatic carbocycles. The molecule has 0 radical (unpaired) electrons. The van der Waals surface area contributed by atoms with Gasteiger partial charge in [0, 0.05) is 5.56 Å². The van der Waals surface area contributed by atoms with Crippen molar-refractivity contribution in [3.05, 3.63) is 23.7 Å². The van der Waals surface area contributed by atoms with Crippen molar-refractivity contribution in [2.24, 2.45) is 0 Å². The monoisotopic (exact) mass is 192 g/mol. The fourth-order valence-corrected chi connectivity index (χ4v) is 1.27. The summed E-state index contributed by atoms with van der Waals surface area (Å²) in [4.78, 5) is 14.7. The second kappa shape index (κ2) is 2.69. The number of carbonyl (C=O) groups is 1. The van der Waals surface area contributed by atoms with Crippen molar-refractivity contribution in [3.8, 4) is 0 Å². The van der Waals surface area contributed by atoms with Gasteiger partial charge in [-0.3, -0.25) is 0 Å². The first-order valence-corrected chi connectivity index (χ1v) is 3.93. The SMILES string of the molecule is Cc1c(C(=O)O)nn2cc(N)cnc12. The minimum atomic E-state index is -1.06. The first-order chi connectivity index (χ1) is 6.59. The third-order valence-corrected chi connectivity index (χ3v) is 1.93. The molecule has 0 saturated heterocycles. The van der Waals surface area contributed by atoms with E-state index in [2.05, 4.69) is 10.1 Å².